The second-order valence-electron chi connectivity index (χ2n) is 2.68. The number of nitrogens with one attached hydrogen (secondary N) is 1. The molecule has 1 heterocycles. The van der Waals surface area contributed by atoms with E-state index in [2.05, 4.69) is 10.6 Å². The lowest BCUT2D eigenvalue weighted by molar-refractivity contribution is 0.00346. The Labute approximate surface area is 77.6 Å². The summed E-state index contributed by atoms with van der Waals surface area (Å²) in [5.41, 5.74) is 3.91. The molecule has 0 radical (unpaired) electrons. The van der Waals surface area contributed by atoms with Crippen molar-refractivity contribution in [1.82, 2.24) is 15.3 Å². The van der Waals surface area contributed by atoms with Gasteiger partial charge in [-0.1, -0.05) is 0 Å². The highest BCUT2D eigenvalue weighted by Crippen LogP contribution is 1.94. The summed E-state index contributed by atoms with van der Waals surface area (Å²) in [6, 6.07) is 0. The van der Waals surface area contributed by atoms with E-state index in [9.17, 15) is 0 Å². The van der Waals surface area contributed by atoms with E-state index in [4.69, 9.17) is 9.57 Å². The van der Waals surface area contributed by atoms with Gasteiger partial charge in [0.2, 0.25) is 0 Å². The Morgan fingerprint density at radius 3 is 3.00 bits per heavy atom. The molecule has 1 N–H and O–H groups in total. The number of rotatable bonds is 6. The maximum atomic E-state index is 5.08. The van der Waals surface area contributed by atoms with Gasteiger partial charge in [0.25, 0.3) is 0 Å². The molecular weight excluding hydrogens is 170 g/mol. The van der Waals surface area contributed by atoms with Crippen molar-refractivity contribution in [2.24, 2.45) is 7.05 Å². The van der Waals surface area contributed by atoms with Crippen LogP contribution >= 0.6 is 0 Å². The Kier molecular flexibility index (Phi) is 4.45. The standard InChI is InChI=1S/C8H15N3O2/c1-11-7-8(5-9-11)6-10-13-4-3-12-2/h5,7,10H,3-4,6H2,1-2H3. The quantitative estimate of drug-likeness (QED) is 0.504. The topological polar surface area (TPSA) is 48.3 Å². The predicted octanol–water partition coefficient (Wildman–Crippen LogP) is 0.0877. The van der Waals surface area contributed by atoms with E-state index in [-0.39, 0.29) is 0 Å². The SMILES string of the molecule is COCCONCc1cnn(C)c1. The van der Waals surface area contributed by atoms with Crippen molar-refractivity contribution < 1.29 is 9.57 Å². The number of hydrogen-bond acceptors (Lipinski definition) is 4. The summed E-state index contributed by atoms with van der Waals surface area (Å²) in [6.45, 7) is 1.81. The lowest BCUT2D eigenvalue weighted by atomic mass is 10.4. The van der Waals surface area contributed by atoms with Crippen LogP contribution in [0.3, 0.4) is 0 Å². The minimum absolute atomic E-state index is 0.552. The van der Waals surface area contributed by atoms with Crippen molar-refractivity contribution in [2.45, 2.75) is 6.54 Å². The largest absolute Gasteiger partial charge is 0.382 e. The highest BCUT2D eigenvalue weighted by atomic mass is 16.7. The van der Waals surface area contributed by atoms with Crippen molar-refractivity contribution >= 4 is 0 Å². The molecule has 1 aromatic rings. The smallest absolute Gasteiger partial charge is 0.0916 e. The Bertz CT molecular complexity index is 237. The molecule has 13 heavy (non-hydrogen) atoms. The summed E-state index contributed by atoms with van der Waals surface area (Å²) < 4.78 is 6.57. The summed E-state index contributed by atoms with van der Waals surface area (Å²) in [5.74, 6) is 0. The van der Waals surface area contributed by atoms with E-state index in [0.717, 1.165) is 5.56 Å². The molecule has 5 heteroatoms. The van der Waals surface area contributed by atoms with Gasteiger partial charge >= 0.3 is 0 Å². The molecule has 0 aromatic carbocycles. The van der Waals surface area contributed by atoms with Gasteiger partial charge in [-0.3, -0.25) is 9.52 Å². The van der Waals surface area contributed by atoms with E-state index >= 15 is 0 Å². The summed E-state index contributed by atoms with van der Waals surface area (Å²) in [6.07, 6.45) is 3.74. The first kappa shape index (κ1) is 10.2. The van der Waals surface area contributed by atoms with Crippen LogP contribution in [0.4, 0.5) is 0 Å². The van der Waals surface area contributed by atoms with Crippen molar-refractivity contribution in [3.63, 3.8) is 0 Å². The van der Waals surface area contributed by atoms with Crippen LogP contribution in [0, 0.1) is 0 Å². The highest BCUT2D eigenvalue weighted by molar-refractivity contribution is 5.02. The highest BCUT2D eigenvalue weighted by Gasteiger charge is 1.94. The first-order valence-electron chi connectivity index (χ1n) is 4.14. The number of hydrogen-bond donors (Lipinski definition) is 1. The second kappa shape index (κ2) is 5.69. The molecule has 0 saturated heterocycles. The fraction of sp³-hybridized carbons (Fsp3) is 0.625. The van der Waals surface area contributed by atoms with Crippen molar-refractivity contribution in [2.75, 3.05) is 20.3 Å². The normalized spacial score (nSPS) is 10.6. The monoisotopic (exact) mass is 185 g/mol. The predicted molar refractivity (Wildman–Crippen MR) is 47.9 cm³/mol. The molecule has 0 atom stereocenters. The van der Waals surface area contributed by atoms with Crippen LogP contribution in [0.2, 0.25) is 0 Å². The summed E-state index contributed by atoms with van der Waals surface area (Å²) in [7, 11) is 3.53. The minimum Gasteiger partial charge on any atom is -0.382 e. The third-order valence-electron chi connectivity index (χ3n) is 1.53. The summed E-state index contributed by atoms with van der Waals surface area (Å²) >= 11 is 0. The van der Waals surface area contributed by atoms with Crippen LogP contribution < -0.4 is 5.48 Å². The molecule has 1 aromatic heterocycles. The molecule has 0 bridgehead atoms. The molecule has 1 rings (SSSR count). The Morgan fingerprint density at radius 1 is 1.54 bits per heavy atom. The minimum atomic E-state index is 0.552. The van der Waals surface area contributed by atoms with E-state index in [0.29, 0.717) is 19.8 Å². The molecule has 0 aliphatic rings. The number of aryl methyl sites for hydroxylation is 1. The van der Waals surface area contributed by atoms with Gasteiger partial charge in [0.15, 0.2) is 0 Å². The van der Waals surface area contributed by atoms with Crippen LogP contribution in [0.25, 0.3) is 0 Å². The molecular formula is C8H15N3O2. The third kappa shape index (κ3) is 4.02. The average molecular weight is 185 g/mol. The molecule has 0 spiro atoms. The van der Waals surface area contributed by atoms with Crippen molar-refractivity contribution in [3.8, 4) is 0 Å². The molecule has 0 fully saturated rings. The third-order valence-corrected chi connectivity index (χ3v) is 1.53. The lowest BCUT2D eigenvalue weighted by Gasteiger charge is -2.02. The summed E-state index contributed by atoms with van der Waals surface area (Å²) in [5, 5.41) is 4.03. The number of aromatic nitrogens is 2. The fourth-order valence-corrected chi connectivity index (χ4v) is 0.895. The van der Waals surface area contributed by atoms with E-state index in [1.54, 1.807) is 18.0 Å². The Balaban J connectivity index is 2.06. The lowest BCUT2D eigenvalue weighted by Crippen LogP contribution is -2.16. The molecule has 74 valence electrons. The number of ether oxygens (including phenoxy) is 1. The zero-order valence-electron chi connectivity index (χ0n) is 7.99. The molecule has 5 nitrogen and oxygen atoms in total. The first-order valence-corrected chi connectivity index (χ1v) is 4.14. The first-order chi connectivity index (χ1) is 6.33. The molecule has 0 saturated carbocycles. The van der Waals surface area contributed by atoms with Crippen molar-refractivity contribution in [1.29, 1.82) is 0 Å². The number of hydroxylamine groups is 1. The van der Waals surface area contributed by atoms with Gasteiger partial charge in [0.05, 0.1) is 19.4 Å². The fourth-order valence-electron chi connectivity index (χ4n) is 0.895. The number of nitrogens with zero attached hydrogens (tertiary/aromatic N) is 2. The van der Waals surface area contributed by atoms with E-state index < -0.39 is 0 Å². The van der Waals surface area contributed by atoms with Crippen LogP contribution in [0.1, 0.15) is 5.56 Å². The maximum Gasteiger partial charge on any atom is 0.0916 e. The molecule has 0 unspecified atom stereocenters. The number of methoxy groups -OCH3 is 1. The van der Waals surface area contributed by atoms with Gasteiger partial charge in [-0.25, -0.2) is 0 Å². The molecule has 0 aliphatic heterocycles. The van der Waals surface area contributed by atoms with E-state index in [1.807, 2.05) is 13.2 Å². The van der Waals surface area contributed by atoms with Crippen molar-refractivity contribution in [3.05, 3.63) is 18.0 Å². The van der Waals surface area contributed by atoms with Crippen LogP contribution in [-0.2, 0) is 23.2 Å². The van der Waals surface area contributed by atoms with Gasteiger partial charge < -0.3 is 4.74 Å². The molecule has 0 aliphatic carbocycles. The summed E-state index contributed by atoms with van der Waals surface area (Å²) in [4.78, 5) is 5.08. The van der Waals surface area contributed by atoms with Gasteiger partial charge in [-0.15, -0.1) is 0 Å². The van der Waals surface area contributed by atoms with Crippen LogP contribution in [0.5, 0.6) is 0 Å². The Morgan fingerprint density at radius 2 is 2.38 bits per heavy atom. The maximum absolute atomic E-state index is 5.08. The Hall–Kier alpha value is -0.910. The zero-order chi connectivity index (χ0) is 9.52. The van der Waals surface area contributed by atoms with Crippen LogP contribution in [-0.4, -0.2) is 30.1 Å². The van der Waals surface area contributed by atoms with Gasteiger partial charge in [-0.2, -0.15) is 10.6 Å². The van der Waals surface area contributed by atoms with Crippen LogP contribution in [0.15, 0.2) is 12.4 Å². The molecule has 0 amide bonds. The average Bonchev–Trinajstić information content (AvgIpc) is 2.51. The van der Waals surface area contributed by atoms with Gasteiger partial charge in [0, 0.05) is 32.5 Å². The van der Waals surface area contributed by atoms with Gasteiger partial charge in [0.1, 0.15) is 0 Å². The van der Waals surface area contributed by atoms with E-state index in [1.165, 1.54) is 0 Å². The van der Waals surface area contributed by atoms with Gasteiger partial charge in [-0.05, 0) is 0 Å². The zero-order valence-corrected chi connectivity index (χ0v) is 7.99. The second-order valence-corrected chi connectivity index (χ2v) is 2.68.